The molecule has 3 aromatic rings. The number of halogens is 1. The summed E-state index contributed by atoms with van der Waals surface area (Å²) in [4.78, 5) is 19.3. The van der Waals surface area contributed by atoms with E-state index in [1.807, 2.05) is 19.1 Å². The zero-order valence-electron chi connectivity index (χ0n) is 15.4. The van der Waals surface area contributed by atoms with E-state index in [0.717, 1.165) is 23.4 Å². The normalized spacial score (nSPS) is 11.6. The standard InChI is InChI=1S/C21H24FN3O/c1-15(2)11-24(13-17-5-7-18(22)8-6-17)14-19-10-21(26)25-12-16(3)4-9-20(25)23-19/h4-10,12,15H,11,13-14H2,1-3H3. The monoisotopic (exact) mass is 353 g/mol. The molecule has 0 saturated carbocycles. The van der Waals surface area contributed by atoms with Crippen molar-refractivity contribution in [1.82, 2.24) is 14.3 Å². The molecule has 0 aliphatic rings. The molecule has 2 aromatic heterocycles. The van der Waals surface area contributed by atoms with Crippen LogP contribution in [-0.2, 0) is 13.1 Å². The molecule has 0 aliphatic carbocycles. The fourth-order valence-corrected chi connectivity index (χ4v) is 3.12. The summed E-state index contributed by atoms with van der Waals surface area (Å²) in [5.74, 6) is 0.239. The van der Waals surface area contributed by atoms with E-state index in [4.69, 9.17) is 0 Å². The van der Waals surface area contributed by atoms with Crippen LogP contribution in [0.3, 0.4) is 0 Å². The Kier molecular flexibility index (Phi) is 5.47. The Morgan fingerprint density at radius 2 is 1.85 bits per heavy atom. The lowest BCUT2D eigenvalue weighted by Gasteiger charge is -2.24. The summed E-state index contributed by atoms with van der Waals surface area (Å²) < 4.78 is 14.7. The van der Waals surface area contributed by atoms with Crippen LogP contribution in [-0.4, -0.2) is 20.8 Å². The van der Waals surface area contributed by atoms with Gasteiger partial charge in [-0.25, -0.2) is 9.37 Å². The van der Waals surface area contributed by atoms with Crippen molar-refractivity contribution in [3.63, 3.8) is 0 Å². The van der Waals surface area contributed by atoms with E-state index in [1.54, 1.807) is 28.8 Å². The van der Waals surface area contributed by atoms with Gasteiger partial charge in [-0.05, 0) is 42.2 Å². The van der Waals surface area contributed by atoms with E-state index < -0.39 is 0 Å². The summed E-state index contributed by atoms with van der Waals surface area (Å²) in [7, 11) is 0. The molecule has 0 amide bonds. The summed E-state index contributed by atoms with van der Waals surface area (Å²) >= 11 is 0. The maximum atomic E-state index is 13.1. The highest BCUT2D eigenvalue weighted by Crippen LogP contribution is 2.12. The van der Waals surface area contributed by atoms with E-state index in [0.29, 0.717) is 24.7 Å². The molecule has 5 heteroatoms. The zero-order chi connectivity index (χ0) is 18.7. The number of aromatic nitrogens is 2. The molecule has 0 fully saturated rings. The summed E-state index contributed by atoms with van der Waals surface area (Å²) in [5.41, 5.74) is 3.40. The van der Waals surface area contributed by atoms with Crippen LogP contribution in [0.2, 0.25) is 0 Å². The Labute approximate surface area is 152 Å². The minimum absolute atomic E-state index is 0.0695. The molecule has 26 heavy (non-hydrogen) atoms. The molecule has 136 valence electrons. The maximum Gasteiger partial charge on any atom is 0.258 e. The highest BCUT2D eigenvalue weighted by atomic mass is 19.1. The largest absolute Gasteiger partial charge is 0.293 e. The Hall–Kier alpha value is -2.53. The minimum atomic E-state index is -0.233. The highest BCUT2D eigenvalue weighted by molar-refractivity contribution is 5.39. The predicted molar refractivity (Wildman–Crippen MR) is 102 cm³/mol. The summed E-state index contributed by atoms with van der Waals surface area (Å²) in [6.07, 6.45) is 1.80. The lowest BCUT2D eigenvalue weighted by Crippen LogP contribution is -2.28. The Morgan fingerprint density at radius 1 is 1.12 bits per heavy atom. The fraction of sp³-hybridized carbons (Fsp3) is 0.333. The number of nitrogens with zero attached hydrogens (tertiary/aromatic N) is 3. The summed E-state index contributed by atoms with van der Waals surface area (Å²) in [6.45, 7) is 8.40. The molecule has 0 saturated heterocycles. The van der Waals surface area contributed by atoms with Crippen LogP contribution in [0.25, 0.3) is 5.65 Å². The van der Waals surface area contributed by atoms with Crippen molar-refractivity contribution >= 4 is 5.65 Å². The number of fused-ring (bicyclic) bond motifs is 1. The van der Waals surface area contributed by atoms with Gasteiger partial charge in [0.2, 0.25) is 0 Å². The first-order chi connectivity index (χ1) is 12.4. The molecule has 0 aliphatic heterocycles. The lowest BCUT2D eigenvalue weighted by atomic mass is 10.1. The van der Waals surface area contributed by atoms with Gasteiger partial charge >= 0.3 is 0 Å². The third-order valence-corrected chi connectivity index (χ3v) is 4.19. The van der Waals surface area contributed by atoms with E-state index in [2.05, 4.69) is 23.7 Å². The van der Waals surface area contributed by atoms with Crippen molar-refractivity contribution in [1.29, 1.82) is 0 Å². The maximum absolute atomic E-state index is 13.1. The molecule has 3 rings (SSSR count). The highest BCUT2D eigenvalue weighted by Gasteiger charge is 2.12. The second-order valence-electron chi connectivity index (χ2n) is 7.21. The molecule has 0 bridgehead atoms. The summed E-state index contributed by atoms with van der Waals surface area (Å²) in [5, 5.41) is 0. The second kappa shape index (κ2) is 7.79. The molecule has 0 N–H and O–H groups in total. The van der Waals surface area contributed by atoms with Gasteiger partial charge < -0.3 is 0 Å². The first kappa shape index (κ1) is 18.3. The van der Waals surface area contributed by atoms with Crippen LogP contribution in [0.1, 0.15) is 30.7 Å². The molecule has 0 atom stereocenters. The van der Waals surface area contributed by atoms with Gasteiger partial charge in [-0.2, -0.15) is 0 Å². The average Bonchev–Trinajstić information content (AvgIpc) is 2.57. The molecule has 4 nitrogen and oxygen atoms in total. The van der Waals surface area contributed by atoms with Gasteiger partial charge in [-0.1, -0.05) is 32.0 Å². The third kappa shape index (κ3) is 4.55. The zero-order valence-corrected chi connectivity index (χ0v) is 15.4. The van der Waals surface area contributed by atoms with Crippen LogP contribution >= 0.6 is 0 Å². The summed E-state index contributed by atoms with van der Waals surface area (Å²) in [6, 6.07) is 12.0. The fourth-order valence-electron chi connectivity index (χ4n) is 3.12. The van der Waals surface area contributed by atoms with Crippen LogP contribution in [0.15, 0.2) is 53.5 Å². The van der Waals surface area contributed by atoms with Crippen LogP contribution in [0.4, 0.5) is 4.39 Å². The number of aryl methyl sites for hydroxylation is 1. The van der Waals surface area contributed by atoms with Gasteiger partial charge in [0.25, 0.3) is 5.56 Å². The molecule has 2 heterocycles. The van der Waals surface area contributed by atoms with Crippen molar-refractivity contribution in [2.75, 3.05) is 6.54 Å². The van der Waals surface area contributed by atoms with Crippen LogP contribution < -0.4 is 5.56 Å². The molecular weight excluding hydrogens is 329 g/mol. The van der Waals surface area contributed by atoms with Gasteiger partial charge in [0, 0.05) is 31.9 Å². The van der Waals surface area contributed by atoms with Crippen molar-refractivity contribution in [3.8, 4) is 0 Å². The number of hydrogen-bond donors (Lipinski definition) is 0. The van der Waals surface area contributed by atoms with Gasteiger partial charge in [-0.15, -0.1) is 0 Å². The van der Waals surface area contributed by atoms with Crippen molar-refractivity contribution < 1.29 is 4.39 Å². The second-order valence-corrected chi connectivity index (χ2v) is 7.21. The topological polar surface area (TPSA) is 37.6 Å². The molecule has 0 unspecified atom stereocenters. The Morgan fingerprint density at radius 3 is 2.54 bits per heavy atom. The third-order valence-electron chi connectivity index (χ3n) is 4.19. The number of pyridine rings is 1. The molecule has 0 radical (unpaired) electrons. The van der Waals surface area contributed by atoms with Gasteiger partial charge in [0.1, 0.15) is 11.5 Å². The Bertz CT molecular complexity index is 948. The van der Waals surface area contributed by atoms with Crippen molar-refractivity contribution in [2.45, 2.75) is 33.9 Å². The number of hydrogen-bond acceptors (Lipinski definition) is 3. The Balaban J connectivity index is 1.86. The lowest BCUT2D eigenvalue weighted by molar-refractivity contribution is 0.225. The smallest absolute Gasteiger partial charge is 0.258 e. The number of rotatable bonds is 6. The van der Waals surface area contributed by atoms with Gasteiger partial charge in [-0.3, -0.25) is 14.1 Å². The van der Waals surface area contributed by atoms with E-state index in [1.165, 1.54) is 12.1 Å². The number of benzene rings is 1. The van der Waals surface area contributed by atoms with Crippen molar-refractivity contribution in [2.24, 2.45) is 5.92 Å². The van der Waals surface area contributed by atoms with E-state index >= 15 is 0 Å². The quantitative estimate of drug-likeness (QED) is 0.676. The minimum Gasteiger partial charge on any atom is -0.293 e. The molecule has 0 spiro atoms. The van der Waals surface area contributed by atoms with Gasteiger partial charge in [0.05, 0.1) is 5.69 Å². The molecule has 1 aromatic carbocycles. The van der Waals surface area contributed by atoms with Crippen LogP contribution in [0.5, 0.6) is 0 Å². The molecular formula is C21H24FN3O. The average molecular weight is 353 g/mol. The first-order valence-corrected chi connectivity index (χ1v) is 8.86. The van der Waals surface area contributed by atoms with Crippen LogP contribution in [0, 0.1) is 18.7 Å². The first-order valence-electron chi connectivity index (χ1n) is 8.86. The van der Waals surface area contributed by atoms with E-state index in [-0.39, 0.29) is 11.4 Å². The SMILES string of the molecule is Cc1ccc2nc(CN(Cc3ccc(F)cc3)CC(C)C)cc(=O)n2c1. The van der Waals surface area contributed by atoms with Gasteiger partial charge in [0.15, 0.2) is 0 Å². The van der Waals surface area contributed by atoms with Crippen molar-refractivity contribution in [3.05, 3.63) is 81.7 Å². The van der Waals surface area contributed by atoms with E-state index in [9.17, 15) is 9.18 Å². The predicted octanol–water partition coefficient (Wildman–Crippen LogP) is 3.80.